The van der Waals surface area contributed by atoms with Gasteiger partial charge in [0.2, 0.25) is 0 Å². The molecule has 10 heteroatoms. The first-order valence-corrected chi connectivity index (χ1v) is 9.04. The van der Waals surface area contributed by atoms with E-state index in [1.165, 1.54) is 0 Å². The number of benzene rings is 1. The van der Waals surface area contributed by atoms with Crippen molar-refractivity contribution in [2.24, 2.45) is 4.99 Å². The van der Waals surface area contributed by atoms with Crippen molar-refractivity contribution in [3.63, 3.8) is 0 Å². The molecule has 1 aromatic heterocycles. The fraction of sp³-hybridized carbons (Fsp3) is 0.412. The third-order valence-electron chi connectivity index (χ3n) is 3.43. The van der Waals surface area contributed by atoms with Crippen LogP contribution in [0, 0.1) is 0 Å². The minimum atomic E-state index is -4.41. The Balaban J connectivity index is 2.03. The van der Waals surface area contributed by atoms with Crippen molar-refractivity contribution < 1.29 is 22.6 Å². The summed E-state index contributed by atoms with van der Waals surface area (Å²) in [5.41, 5.74) is -0.122. The van der Waals surface area contributed by atoms with Crippen molar-refractivity contribution in [1.29, 1.82) is 0 Å². The first kappa shape index (κ1) is 20.8. The predicted molar refractivity (Wildman–Crippen MR) is 100.0 cm³/mol. The van der Waals surface area contributed by atoms with Gasteiger partial charge in [0.1, 0.15) is 0 Å². The summed E-state index contributed by atoms with van der Waals surface area (Å²) < 4.78 is 48.2. The molecule has 0 aliphatic rings. The SMILES string of the molecule is CCNC(=NCCc1nc(C(F)(F)F)cs1)Nc1ccc(OC)c(OC)c1. The molecule has 0 radical (unpaired) electrons. The van der Waals surface area contributed by atoms with Crippen LogP contribution in [0.15, 0.2) is 28.6 Å². The average molecular weight is 402 g/mol. The number of ether oxygens (including phenoxy) is 2. The quantitative estimate of drug-likeness (QED) is 0.545. The molecule has 0 bridgehead atoms. The van der Waals surface area contributed by atoms with Gasteiger partial charge in [0, 0.05) is 36.6 Å². The van der Waals surface area contributed by atoms with Gasteiger partial charge in [0.15, 0.2) is 23.2 Å². The molecule has 148 valence electrons. The van der Waals surface area contributed by atoms with Crippen molar-refractivity contribution in [3.8, 4) is 11.5 Å². The Morgan fingerprint density at radius 2 is 1.96 bits per heavy atom. The first-order valence-electron chi connectivity index (χ1n) is 8.16. The zero-order valence-corrected chi connectivity index (χ0v) is 16.0. The number of hydrogen-bond acceptors (Lipinski definition) is 5. The van der Waals surface area contributed by atoms with Gasteiger partial charge in [0.05, 0.1) is 19.2 Å². The molecule has 0 spiro atoms. The van der Waals surface area contributed by atoms with E-state index in [1.54, 1.807) is 26.4 Å². The summed E-state index contributed by atoms with van der Waals surface area (Å²) in [5, 5.41) is 7.63. The summed E-state index contributed by atoms with van der Waals surface area (Å²) in [4.78, 5) is 7.98. The van der Waals surface area contributed by atoms with Crippen LogP contribution in [-0.2, 0) is 12.6 Å². The van der Waals surface area contributed by atoms with Crippen molar-refractivity contribution in [2.75, 3.05) is 32.6 Å². The predicted octanol–water partition coefficient (Wildman–Crippen LogP) is 3.80. The molecule has 1 aromatic carbocycles. The molecule has 27 heavy (non-hydrogen) atoms. The maximum absolute atomic E-state index is 12.6. The molecular formula is C17H21F3N4O2S. The van der Waals surface area contributed by atoms with Crippen molar-refractivity contribution in [3.05, 3.63) is 34.3 Å². The standard InChI is InChI=1S/C17H21F3N4O2S/c1-4-21-16(23-11-5-6-12(25-2)13(9-11)26-3)22-8-7-15-24-14(10-27-15)17(18,19)20/h5-6,9-10H,4,7-8H2,1-3H3,(H2,21,22,23). The molecule has 0 atom stereocenters. The highest BCUT2D eigenvalue weighted by Gasteiger charge is 2.33. The Bertz CT molecular complexity index is 778. The molecular weight excluding hydrogens is 381 g/mol. The summed E-state index contributed by atoms with van der Waals surface area (Å²) in [6.45, 7) is 2.85. The second-order valence-electron chi connectivity index (χ2n) is 5.33. The van der Waals surface area contributed by atoms with Crippen LogP contribution in [0.4, 0.5) is 18.9 Å². The molecule has 0 fully saturated rings. The molecule has 0 aliphatic carbocycles. The number of alkyl halides is 3. The molecule has 2 N–H and O–H groups in total. The number of anilines is 1. The second kappa shape index (κ2) is 9.45. The smallest absolute Gasteiger partial charge is 0.434 e. The van der Waals surface area contributed by atoms with Crippen LogP contribution in [0.25, 0.3) is 0 Å². The van der Waals surface area contributed by atoms with E-state index < -0.39 is 11.9 Å². The van der Waals surface area contributed by atoms with Crippen LogP contribution >= 0.6 is 11.3 Å². The number of hydrogen-bond donors (Lipinski definition) is 2. The summed E-state index contributed by atoms with van der Waals surface area (Å²) in [6.07, 6.45) is -4.09. The lowest BCUT2D eigenvalue weighted by atomic mass is 10.3. The third kappa shape index (κ3) is 6.02. The lowest BCUT2D eigenvalue weighted by Crippen LogP contribution is -2.30. The van der Waals surface area contributed by atoms with Gasteiger partial charge in [-0.15, -0.1) is 11.3 Å². The highest BCUT2D eigenvalue weighted by molar-refractivity contribution is 7.09. The first-order chi connectivity index (χ1) is 12.9. The topological polar surface area (TPSA) is 67.8 Å². The number of guanidine groups is 1. The zero-order valence-electron chi connectivity index (χ0n) is 15.2. The summed E-state index contributed by atoms with van der Waals surface area (Å²) in [5.74, 6) is 1.69. The van der Waals surface area contributed by atoms with Gasteiger partial charge in [-0.3, -0.25) is 4.99 Å². The monoisotopic (exact) mass is 402 g/mol. The van der Waals surface area contributed by atoms with Gasteiger partial charge in [-0.1, -0.05) is 0 Å². The normalized spacial score (nSPS) is 12.0. The van der Waals surface area contributed by atoms with Gasteiger partial charge in [-0.25, -0.2) is 4.98 Å². The highest BCUT2D eigenvalue weighted by atomic mass is 32.1. The Labute approximate surface area is 159 Å². The Morgan fingerprint density at radius 1 is 1.22 bits per heavy atom. The molecule has 6 nitrogen and oxygen atoms in total. The molecule has 2 aromatic rings. The van der Waals surface area contributed by atoms with Crippen LogP contribution in [0.3, 0.4) is 0 Å². The van der Waals surface area contributed by atoms with Crippen LogP contribution < -0.4 is 20.1 Å². The van der Waals surface area contributed by atoms with Crippen LogP contribution in [0.5, 0.6) is 11.5 Å². The van der Waals surface area contributed by atoms with Crippen molar-refractivity contribution in [2.45, 2.75) is 19.5 Å². The molecule has 0 aliphatic heterocycles. The van der Waals surface area contributed by atoms with Gasteiger partial charge in [0.25, 0.3) is 0 Å². The van der Waals surface area contributed by atoms with E-state index in [0.717, 1.165) is 22.4 Å². The number of aromatic nitrogens is 1. The van der Waals surface area contributed by atoms with E-state index in [1.807, 2.05) is 13.0 Å². The van der Waals surface area contributed by atoms with Crippen LogP contribution in [0.2, 0.25) is 0 Å². The van der Waals surface area contributed by atoms with Crippen molar-refractivity contribution in [1.82, 2.24) is 10.3 Å². The van der Waals surface area contributed by atoms with Gasteiger partial charge in [-0.2, -0.15) is 13.2 Å². The molecule has 0 amide bonds. The van der Waals surface area contributed by atoms with E-state index in [4.69, 9.17) is 9.47 Å². The van der Waals surface area contributed by atoms with Gasteiger partial charge < -0.3 is 20.1 Å². The van der Waals surface area contributed by atoms with E-state index >= 15 is 0 Å². The molecule has 0 saturated carbocycles. The van der Waals surface area contributed by atoms with E-state index in [0.29, 0.717) is 42.0 Å². The average Bonchev–Trinajstić information content (AvgIpc) is 3.11. The summed E-state index contributed by atoms with van der Waals surface area (Å²) in [6, 6.07) is 5.34. The zero-order chi connectivity index (χ0) is 19.9. The minimum Gasteiger partial charge on any atom is -0.493 e. The Morgan fingerprint density at radius 3 is 2.56 bits per heavy atom. The molecule has 1 heterocycles. The fourth-order valence-electron chi connectivity index (χ4n) is 2.18. The van der Waals surface area contributed by atoms with Crippen molar-refractivity contribution >= 4 is 23.0 Å². The lowest BCUT2D eigenvalue weighted by Gasteiger charge is -2.13. The van der Waals surface area contributed by atoms with Gasteiger partial charge >= 0.3 is 6.18 Å². The Hall–Kier alpha value is -2.49. The molecule has 0 unspecified atom stereocenters. The highest BCUT2D eigenvalue weighted by Crippen LogP contribution is 2.30. The summed E-state index contributed by atoms with van der Waals surface area (Å²) in [7, 11) is 3.10. The van der Waals surface area contributed by atoms with Crippen LogP contribution in [-0.4, -0.2) is 38.3 Å². The number of thiazole rings is 1. The minimum absolute atomic E-state index is 0.299. The lowest BCUT2D eigenvalue weighted by molar-refractivity contribution is -0.140. The maximum Gasteiger partial charge on any atom is 0.434 e. The molecule has 0 saturated heterocycles. The number of nitrogens with zero attached hydrogens (tertiary/aromatic N) is 2. The second-order valence-corrected chi connectivity index (χ2v) is 6.27. The molecule has 2 rings (SSSR count). The van der Waals surface area contributed by atoms with E-state index in [2.05, 4.69) is 20.6 Å². The van der Waals surface area contributed by atoms with E-state index in [-0.39, 0.29) is 0 Å². The number of halogens is 3. The number of rotatable bonds is 7. The fourth-order valence-corrected chi connectivity index (χ4v) is 2.97. The number of aliphatic imine (C=N–C) groups is 1. The largest absolute Gasteiger partial charge is 0.493 e. The number of methoxy groups -OCH3 is 2. The third-order valence-corrected chi connectivity index (χ3v) is 4.34. The van der Waals surface area contributed by atoms with Gasteiger partial charge in [-0.05, 0) is 19.1 Å². The van der Waals surface area contributed by atoms with E-state index in [9.17, 15) is 13.2 Å². The maximum atomic E-state index is 12.6. The van der Waals surface area contributed by atoms with Crippen LogP contribution in [0.1, 0.15) is 17.6 Å². The Kier molecular flexibility index (Phi) is 7.28. The summed E-state index contributed by atoms with van der Waals surface area (Å²) >= 11 is 0.983. The number of nitrogens with one attached hydrogen (secondary N) is 2.